The summed E-state index contributed by atoms with van der Waals surface area (Å²) in [4.78, 5) is 3.23. The Kier molecular flexibility index (Phi) is 4.57. The Bertz CT molecular complexity index is 1140. The van der Waals surface area contributed by atoms with Crippen molar-refractivity contribution in [2.45, 2.75) is 11.4 Å². The maximum atomic E-state index is 12.3. The molecule has 0 radical (unpaired) electrons. The largest absolute Gasteiger partial charge is 0.419 e. The molecule has 0 aliphatic rings. The van der Waals surface area contributed by atoms with E-state index in [-0.39, 0.29) is 17.3 Å². The topological polar surface area (TPSA) is 101 Å². The fourth-order valence-electron chi connectivity index (χ4n) is 2.67. The molecule has 2 aromatic carbocycles. The Morgan fingerprint density at radius 2 is 1.56 bits per heavy atom. The molecule has 0 spiro atoms. The van der Waals surface area contributed by atoms with Crippen molar-refractivity contribution < 1.29 is 12.8 Å². The van der Waals surface area contributed by atoms with Gasteiger partial charge in [-0.1, -0.05) is 48.5 Å². The highest BCUT2D eigenvalue weighted by molar-refractivity contribution is 7.89. The summed E-state index contributed by atoms with van der Waals surface area (Å²) in [7, 11) is -3.64. The molecule has 136 valence electrons. The van der Waals surface area contributed by atoms with Gasteiger partial charge in [-0.2, -0.15) is 0 Å². The molecule has 2 heterocycles. The second-order valence-electron chi connectivity index (χ2n) is 5.79. The van der Waals surface area contributed by atoms with Gasteiger partial charge in [-0.3, -0.25) is 0 Å². The maximum absolute atomic E-state index is 12.3. The van der Waals surface area contributed by atoms with E-state index < -0.39 is 10.0 Å². The molecule has 0 fully saturated rings. The van der Waals surface area contributed by atoms with Gasteiger partial charge in [0.05, 0.1) is 17.0 Å². The van der Waals surface area contributed by atoms with Crippen molar-refractivity contribution in [1.82, 2.24) is 19.9 Å². The minimum Gasteiger partial charge on any atom is -0.419 e. The Balaban J connectivity index is 1.53. The van der Waals surface area contributed by atoms with Crippen LogP contribution in [-0.4, -0.2) is 23.6 Å². The van der Waals surface area contributed by atoms with Crippen LogP contribution >= 0.6 is 0 Å². The Morgan fingerprint density at radius 1 is 0.889 bits per heavy atom. The van der Waals surface area contributed by atoms with Crippen LogP contribution in [0.25, 0.3) is 22.6 Å². The summed E-state index contributed by atoms with van der Waals surface area (Å²) >= 11 is 0. The smallest absolute Gasteiger partial charge is 0.249 e. The molecule has 0 bridgehead atoms. The van der Waals surface area contributed by atoms with Crippen molar-refractivity contribution >= 4 is 10.0 Å². The number of nitrogens with zero attached hydrogens (tertiary/aromatic N) is 2. The molecule has 0 aliphatic heterocycles. The molecular formula is C19H16N4O3S. The first-order chi connectivity index (χ1) is 13.1. The molecule has 0 unspecified atom stereocenters. The van der Waals surface area contributed by atoms with Crippen LogP contribution in [0.5, 0.6) is 0 Å². The van der Waals surface area contributed by atoms with Crippen LogP contribution in [-0.2, 0) is 16.6 Å². The minimum atomic E-state index is -3.64. The molecule has 0 amide bonds. The lowest BCUT2D eigenvalue weighted by Gasteiger charge is -2.04. The predicted molar refractivity (Wildman–Crippen MR) is 100.0 cm³/mol. The average molecular weight is 380 g/mol. The van der Waals surface area contributed by atoms with Gasteiger partial charge in [-0.25, -0.2) is 13.1 Å². The number of H-pyrrole nitrogens is 1. The number of hydrogen-bond donors (Lipinski definition) is 2. The van der Waals surface area contributed by atoms with Gasteiger partial charge in [0.15, 0.2) is 0 Å². The van der Waals surface area contributed by atoms with Gasteiger partial charge in [0.1, 0.15) is 0 Å². The fraction of sp³-hybridized carbons (Fsp3) is 0.0526. The standard InChI is InChI=1S/C19H16N4O3S/c24-27(25,15-9-5-2-6-10-15)21-13-18-22-23-19(26-18)17-12-20-11-16(17)14-7-3-1-4-8-14/h1-12,20-21H,13H2. The summed E-state index contributed by atoms with van der Waals surface area (Å²) in [6.45, 7) is -0.0880. The van der Waals surface area contributed by atoms with Gasteiger partial charge in [-0.05, 0) is 17.7 Å². The van der Waals surface area contributed by atoms with Crippen LogP contribution < -0.4 is 4.72 Å². The van der Waals surface area contributed by atoms with E-state index in [2.05, 4.69) is 19.9 Å². The maximum Gasteiger partial charge on any atom is 0.249 e. The first kappa shape index (κ1) is 17.2. The second kappa shape index (κ2) is 7.18. The predicted octanol–water partition coefficient (Wildman–Crippen LogP) is 3.21. The van der Waals surface area contributed by atoms with Crippen LogP contribution in [0.4, 0.5) is 0 Å². The minimum absolute atomic E-state index is 0.0880. The van der Waals surface area contributed by atoms with Gasteiger partial charge in [0, 0.05) is 18.0 Å². The molecule has 4 rings (SSSR count). The normalized spacial score (nSPS) is 11.6. The molecule has 0 aliphatic carbocycles. The number of nitrogens with one attached hydrogen (secondary N) is 2. The van der Waals surface area contributed by atoms with Crippen LogP contribution in [0.1, 0.15) is 5.89 Å². The van der Waals surface area contributed by atoms with E-state index in [0.717, 1.165) is 16.7 Å². The molecule has 0 atom stereocenters. The summed E-state index contributed by atoms with van der Waals surface area (Å²) in [6.07, 6.45) is 3.63. The van der Waals surface area contributed by atoms with Gasteiger partial charge in [0.25, 0.3) is 0 Å². The van der Waals surface area contributed by atoms with E-state index in [1.165, 1.54) is 12.1 Å². The van der Waals surface area contributed by atoms with Gasteiger partial charge in [0.2, 0.25) is 21.8 Å². The number of benzene rings is 2. The molecule has 2 N–H and O–H groups in total. The van der Waals surface area contributed by atoms with Crippen LogP contribution in [0.15, 0.2) is 82.4 Å². The molecular weight excluding hydrogens is 364 g/mol. The number of rotatable bonds is 6. The third kappa shape index (κ3) is 3.67. The highest BCUT2D eigenvalue weighted by Gasteiger charge is 2.17. The summed E-state index contributed by atoms with van der Waals surface area (Å²) in [5, 5.41) is 7.99. The summed E-state index contributed by atoms with van der Waals surface area (Å²) in [6, 6.07) is 17.9. The molecule has 0 saturated carbocycles. The zero-order valence-corrected chi connectivity index (χ0v) is 15.0. The Labute approximate surface area is 156 Å². The monoisotopic (exact) mass is 380 g/mol. The Morgan fingerprint density at radius 3 is 2.30 bits per heavy atom. The van der Waals surface area contributed by atoms with E-state index in [1.54, 1.807) is 24.4 Å². The molecule has 4 aromatic rings. The highest BCUT2D eigenvalue weighted by Crippen LogP contribution is 2.30. The fourth-order valence-corrected chi connectivity index (χ4v) is 3.67. The van der Waals surface area contributed by atoms with Crippen molar-refractivity contribution in [2.75, 3.05) is 0 Å². The number of sulfonamides is 1. The summed E-state index contributed by atoms with van der Waals surface area (Å²) < 4.78 is 32.7. The van der Waals surface area contributed by atoms with Crippen LogP contribution in [0, 0.1) is 0 Å². The molecule has 0 saturated heterocycles. The lowest BCUT2D eigenvalue weighted by Crippen LogP contribution is -2.23. The number of hydrogen-bond acceptors (Lipinski definition) is 5. The van der Waals surface area contributed by atoms with E-state index in [0.29, 0.717) is 5.89 Å². The Hall–Kier alpha value is -3.23. The first-order valence-electron chi connectivity index (χ1n) is 8.23. The van der Waals surface area contributed by atoms with Gasteiger partial charge < -0.3 is 9.40 Å². The summed E-state index contributed by atoms with van der Waals surface area (Å²) in [5.41, 5.74) is 2.69. The summed E-state index contributed by atoms with van der Waals surface area (Å²) in [5.74, 6) is 0.508. The van der Waals surface area contributed by atoms with E-state index in [9.17, 15) is 8.42 Å². The lowest BCUT2D eigenvalue weighted by atomic mass is 10.1. The number of aromatic amines is 1. The van der Waals surface area contributed by atoms with Gasteiger partial charge in [-0.15, -0.1) is 10.2 Å². The number of aromatic nitrogens is 3. The van der Waals surface area contributed by atoms with E-state index in [1.807, 2.05) is 36.5 Å². The first-order valence-corrected chi connectivity index (χ1v) is 9.71. The average Bonchev–Trinajstić information content (AvgIpc) is 3.37. The van der Waals surface area contributed by atoms with Crippen molar-refractivity contribution in [2.24, 2.45) is 0 Å². The van der Waals surface area contributed by atoms with Crippen LogP contribution in [0.2, 0.25) is 0 Å². The van der Waals surface area contributed by atoms with Gasteiger partial charge >= 0.3 is 0 Å². The highest BCUT2D eigenvalue weighted by atomic mass is 32.2. The quantitative estimate of drug-likeness (QED) is 0.535. The van der Waals surface area contributed by atoms with Crippen molar-refractivity contribution in [3.05, 3.63) is 78.9 Å². The molecule has 2 aromatic heterocycles. The third-order valence-corrected chi connectivity index (χ3v) is 5.41. The van der Waals surface area contributed by atoms with E-state index >= 15 is 0 Å². The van der Waals surface area contributed by atoms with Crippen molar-refractivity contribution in [3.63, 3.8) is 0 Å². The molecule has 7 nitrogen and oxygen atoms in total. The third-order valence-electron chi connectivity index (χ3n) is 3.99. The SMILES string of the molecule is O=S(=O)(NCc1nnc(-c2c[nH]cc2-c2ccccc2)o1)c1ccccc1. The lowest BCUT2D eigenvalue weighted by molar-refractivity contribution is 0.494. The van der Waals surface area contributed by atoms with Crippen molar-refractivity contribution in [1.29, 1.82) is 0 Å². The zero-order chi connectivity index (χ0) is 18.7. The second-order valence-corrected chi connectivity index (χ2v) is 7.55. The molecule has 8 heteroatoms. The van der Waals surface area contributed by atoms with Crippen LogP contribution in [0.3, 0.4) is 0 Å². The molecule has 27 heavy (non-hydrogen) atoms. The van der Waals surface area contributed by atoms with E-state index in [4.69, 9.17) is 4.42 Å². The van der Waals surface area contributed by atoms with Crippen molar-refractivity contribution in [3.8, 4) is 22.6 Å². The zero-order valence-electron chi connectivity index (χ0n) is 14.2.